The maximum absolute atomic E-state index is 13.6. The van der Waals surface area contributed by atoms with E-state index >= 15 is 0 Å². The van der Waals surface area contributed by atoms with Crippen LogP contribution in [-0.4, -0.2) is 34.2 Å². The molecule has 21 heavy (non-hydrogen) atoms. The number of nitrogens with zero attached hydrogens (tertiary/aromatic N) is 1. The molecule has 1 aromatic heterocycles. The molecule has 108 valence electrons. The van der Waals surface area contributed by atoms with Crippen molar-refractivity contribution in [2.24, 2.45) is 0 Å². The first-order valence-corrected chi connectivity index (χ1v) is 5.74. The summed E-state index contributed by atoms with van der Waals surface area (Å²) in [5.74, 6) is -3.58. The number of ether oxygens (including phenoxy) is 1. The Kier molecular flexibility index (Phi) is 3.84. The van der Waals surface area contributed by atoms with Crippen LogP contribution < -0.4 is 4.74 Å². The van der Waals surface area contributed by atoms with Crippen LogP contribution in [-0.2, 0) is 0 Å². The van der Waals surface area contributed by atoms with E-state index in [-0.39, 0.29) is 11.4 Å². The molecule has 1 aromatic carbocycles. The van der Waals surface area contributed by atoms with E-state index in [9.17, 15) is 14.0 Å². The fourth-order valence-corrected chi connectivity index (χ4v) is 1.79. The first kappa shape index (κ1) is 14.4. The Morgan fingerprint density at radius 1 is 1.10 bits per heavy atom. The number of halogens is 1. The van der Waals surface area contributed by atoms with Gasteiger partial charge in [-0.05, 0) is 23.8 Å². The number of carboxylic acid groups (broad SMARTS) is 2. The van der Waals surface area contributed by atoms with Gasteiger partial charge in [0.2, 0.25) is 5.88 Å². The number of carboxylic acids is 2. The molecular formula is C14H10FNO5. The van der Waals surface area contributed by atoms with Crippen molar-refractivity contribution in [3.8, 4) is 17.0 Å². The van der Waals surface area contributed by atoms with Crippen LogP contribution in [0.4, 0.5) is 4.39 Å². The molecule has 0 amide bonds. The number of benzene rings is 1. The first-order valence-electron chi connectivity index (χ1n) is 5.74. The minimum absolute atomic E-state index is 0.0612. The highest BCUT2D eigenvalue weighted by atomic mass is 19.1. The standard InChI is InChI=1S/C14H10FNO5/c1-21-12-10(14(19)20)4-8(6-16-12)7-2-3-9(13(17)18)11(15)5-7/h2-6H,1H3,(H,17,18)(H,19,20). The van der Waals surface area contributed by atoms with Gasteiger partial charge >= 0.3 is 11.9 Å². The van der Waals surface area contributed by atoms with Crippen LogP contribution >= 0.6 is 0 Å². The lowest BCUT2D eigenvalue weighted by molar-refractivity contribution is 0.0681. The summed E-state index contributed by atoms with van der Waals surface area (Å²) in [6.07, 6.45) is 1.32. The number of aromatic carboxylic acids is 2. The Hall–Kier alpha value is -2.96. The largest absolute Gasteiger partial charge is 0.480 e. The van der Waals surface area contributed by atoms with Crippen molar-refractivity contribution in [2.75, 3.05) is 7.11 Å². The molecule has 0 radical (unpaired) electrons. The molecule has 7 heteroatoms. The van der Waals surface area contributed by atoms with Crippen LogP contribution in [0.3, 0.4) is 0 Å². The van der Waals surface area contributed by atoms with Gasteiger partial charge in [-0.1, -0.05) is 6.07 Å². The van der Waals surface area contributed by atoms with Gasteiger partial charge in [0.15, 0.2) is 0 Å². The Morgan fingerprint density at radius 3 is 2.29 bits per heavy atom. The van der Waals surface area contributed by atoms with Crippen LogP contribution in [0.1, 0.15) is 20.7 Å². The quantitative estimate of drug-likeness (QED) is 0.897. The molecule has 0 aliphatic rings. The van der Waals surface area contributed by atoms with E-state index in [4.69, 9.17) is 14.9 Å². The van der Waals surface area contributed by atoms with Gasteiger partial charge in [-0.15, -0.1) is 0 Å². The average molecular weight is 291 g/mol. The van der Waals surface area contributed by atoms with Crippen molar-refractivity contribution in [1.29, 1.82) is 0 Å². The van der Waals surface area contributed by atoms with Gasteiger partial charge in [-0.3, -0.25) is 0 Å². The lowest BCUT2D eigenvalue weighted by atomic mass is 10.0. The molecule has 0 aliphatic heterocycles. The predicted octanol–water partition coefficient (Wildman–Crippen LogP) is 2.29. The summed E-state index contributed by atoms with van der Waals surface area (Å²) < 4.78 is 18.5. The molecule has 0 atom stereocenters. The predicted molar refractivity (Wildman–Crippen MR) is 70.1 cm³/mol. The molecule has 0 unspecified atom stereocenters. The summed E-state index contributed by atoms with van der Waals surface area (Å²) in [6.45, 7) is 0. The second kappa shape index (κ2) is 5.58. The zero-order valence-electron chi connectivity index (χ0n) is 10.8. The van der Waals surface area contributed by atoms with E-state index in [0.717, 1.165) is 12.1 Å². The lowest BCUT2D eigenvalue weighted by Crippen LogP contribution is -2.03. The van der Waals surface area contributed by atoms with Crippen molar-refractivity contribution >= 4 is 11.9 Å². The topological polar surface area (TPSA) is 96.7 Å². The third kappa shape index (κ3) is 2.81. The van der Waals surface area contributed by atoms with Crippen molar-refractivity contribution in [1.82, 2.24) is 4.98 Å². The highest BCUT2D eigenvalue weighted by Gasteiger charge is 2.16. The van der Waals surface area contributed by atoms with Crippen molar-refractivity contribution < 1.29 is 28.9 Å². The molecule has 6 nitrogen and oxygen atoms in total. The Bertz CT molecular complexity index is 729. The fraction of sp³-hybridized carbons (Fsp3) is 0.0714. The maximum Gasteiger partial charge on any atom is 0.341 e. The summed E-state index contributed by atoms with van der Waals surface area (Å²) >= 11 is 0. The van der Waals surface area contributed by atoms with Crippen molar-refractivity contribution in [2.45, 2.75) is 0 Å². The van der Waals surface area contributed by atoms with Gasteiger partial charge in [0.05, 0.1) is 12.7 Å². The summed E-state index contributed by atoms with van der Waals surface area (Å²) in [5, 5.41) is 17.8. The molecule has 2 aromatic rings. The SMILES string of the molecule is COc1ncc(-c2ccc(C(=O)O)c(F)c2)cc1C(=O)O. The number of rotatable bonds is 4. The van der Waals surface area contributed by atoms with Gasteiger partial charge in [0, 0.05) is 11.8 Å². The third-order valence-electron chi connectivity index (χ3n) is 2.81. The van der Waals surface area contributed by atoms with Crippen LogP contribution in [0.15, 0.2) is 30.5 Å². The first-order chi connectivity index (χ1) is 9.93. The lowest BCUT2D eigenvalue weighted by Gasteiger charge is -2.07. The fourth-order valence-electron chi connectivity index (χ4n) is 1.79. The van der Waals surface area contributed by atoms with Gasteiger partial charge in [-0.2, -0.15) is 0 Å². The molecule has 2 rings (SSSR count). The second-order valence-electron chi connectivity index (χ2n) is 4.09. The van der Waals surface area contributed by atoms with E-state index < -0.39 is 23.3 Å². The number of aromatic nitrogens is 1. The summed E-state index contributed by atoms with van der Waals surface area (Å²) in [6, 6.07) is 4.78. The maximum atomic E-state index is 13.6. The zero-order valence-corrected chi connectivity index (χ0v) is 10.8. The Balaban J connectivity index is 2.52. The molecule has 0 saturated carbocycles. The number of hydrogen-bond donors (Lipinski definition) is 2. The minimum Gasteiger partial charge on any atom is -0.480 e. The van der Waals surface area contributed by atoms with E-state index in [1.54, 1.807) is 0 Å². The normalized spacial score (nSPS) is 10.2. The summed E-state index contributed by atoms with van der Waals surface area (Å²) in [4.78, 5) is 25.7. The van der Waals surface area contributed by atoms with Gasteiger partial charge in [-0.25, -0.2) is 19.0 Å². The van der Waals surface area contributed by atoms with Crippen LogP contribution in [0.25, 0.3) is 11.1 Å². The van der Waals surface area contributed by atoms with E-state index in [1.807, 2.05) is 0 Å². The molecule has 2 N–H and O–H groups in total. The van der Waals surface area contributed by atoms with Gasteiger partial charge < -0.3 is 14.9 Å². The smallest absolute Gasteiger partial charge is 0.341 e. The molecule has 1 heterocycles. The number of hydrogen-bond acceptors (Lipinski definition) is 4. The van der Waals surface area contributed by atoms with Crippen LogP contribution in [0.2, 0.25) is 0 Å². The molecular weight excluding hydrogens is 281 g/mol. The summed E-state index contributed by atoms with van der Waals surface area (Å²) in [7, 11) is 1.29. The highest BCUT2D eigenvalue weighted by Crippen LogP contribution is 2.26. The van der Waals surface area contributed by atoms with Gasteiger partial charge in [0.1, 0.15) is 11.4 Å². The number of carbonyl (C=O) groups is 2. The number of pyridine rings is 1. The minimum atomic E-state index is -1.38. The van der Waals surface area contributed by atoms with E-state index in [0.29, 0.717) is 11.1 Å². The average Bonchev–Trinajstić information content (AvgIpc) is 2.45. The Labute approximate surface area is 118 Å². The van der Waals surface area contributed by atoms with Crippen LogP contribution in [0, 0.1) is 5.82 Å². The zero-order chi connectivity index (χ0) is 15.6. The van der Waals surface area contributed by atoms with E-state index in [1.165, 1.54) is 25.4 Å². The molecule has 0 bridgehead atoms. The highest BCUT2D eigenvalue weighted by molar-refractivity contribution is 5.92. The van der Waals surface area contributed by atoms with Crippen molar-refractivity contribution in [3.63, 3.8) is 0 Å². The monoisotopic (exact) mass is 291 g/mol. The second-order valence-corrected chi connectivity index (χ2v) is 4.09. The molecule has 0 saturated heterocycles. The third-order valence-corrected chi connectivity index (χ3v) is 2.81. The Morgan fingerprint density at radius 2 is 1.76 bits per heavy atom. The number of methoxy groups -OCH3 is 1. The van der Waals surface area contributed by atoms with Crippen LogP contribution in [0.5, 0.6) is 5.88 Å². The molecule has 0 spiro atoms. The van der Waals surface area contributed by atoms with Gasteiger partial charge in [0.25, 0.3) is 0 Å². The van der Waals surface area contributed by atoms with E-state index in [2.05, 4.69) is 4.98 Å². The molecule has 0 fully saturated rings. The van der Waals surface area contributed by atoms with Crippen molar-refractivity contribution in [3.05, 3.63) is 47.4 Å². The summed E-state index contributed by atoms with van der Waals surface area (Å²) in [5.41, 5.74) is 0.0237. The molecule has 0 aliphatic carbocycles.